The summed E-state index contributed by atoms with van der Waals surface area (Å²) >= 11 is 0. The second-order valence-corrected chi connectivity index (χ2v) is 4.81. The molecular weight excluding hydrogens is 230 g/mol. The topological polar surface area (TPSA) is 66.4 Å². The van der Waals surface area contributed by atoms with Gasteiger partial charge in [0.2, 0.25) is 0 Å². The molecule has 1 atom stereocenters. The molecule has 106 valence electrons. The minimum atomic E-state index is -1.12. The summed E-state index contributed by atoms with van der Waals surface area (Å²) in [6.45, 7) is 4.22. The number of rotatable bonds is 11. The predicted molar refractivity (Wildman–Crippen MR) is 72.8 cm³/mol. The SMILES string of the molecule is CCCCCCC(CCCC)C(=O)CNC(=O)O. The molecule has 0 rings (SSSR count). The fraction of sp³-hybridized carbons (Fsp3) is 0.857. The average molecular weight is 257 g/mol. The maximum Gasteiger partial charge on any atom is 0.405 e. The number of hydrogen-bond donors (Lipinski definition) is 2. The number of nitrogens with one attached hydrogen (secondary N) is 1. The lowest BCUT2D eigenvalue weighted by molar-refractivity contribution is -0.122. The predicted octanol–water partition coefficient (Wildman–Crippen LogP) is 3.60. The monoisotopic (exact) mass is 257 g/mol. The van der Waals surface area contributed by atoms with Gasteiger partial charge in [0.1, 0.15) is 0 Å². The zero-order valence-corrected chi connectivity index (χ0v) is 11.7. The molecule has 0 radical (unpaired) electrons. The molecule has 0 aromatic rings. The van der Waals surface area contributed by atoms with E-state index in [0.717, 1.165) is 32.1 Å². The van der Waals surface area contributed by atoms with Crippen LogP contribution in [0.4, 0.5) is 4.79 Å². The number of carboxylic acid groups (broad SMARTS) is 1. The lowest BCUT2D eigenvalue weighted by atomic mass is 9.91. The molecule has 0 fully saturated rings. The van der Waals surface area contributed by atoms with Crippen molar-refractivity contribution in [1.82, 2.24) is 5.32 Å². The number of carbonyl (C=O) groups is 2. The van der Waals surface area contributed by atoms with Crippen molar-refractivity contribution in [2.45, 2.75) is 65.2 Å². The van der Waals surface area contributed by atoms with E-state index in [1.165, 1.54) is 19.3 Å². The third-order valence-electron chi connectivity index (χ3n) is 3.18. The Hall–Kier alpha value is -1.06. The summed E-state index contributed by atoms with van der Waals surface area (Å²) in [5.74, 6) is 0.0796. The van der Waals surface area contributed by atoms with Gasteiger partial charge in [0.25, 0.3) is 0 Å². The van der Waals surface area contributed by atoms with E-state index in [1.807, 2.05) is 0 Å². The number of Topliss-reactive ketones (excluding diaryl/α,β-unsaturated/α-hetero) is 1. The summed E-state index contributed by atoms with van der Waals surface area (Å²) in [7, 11) is 0. The maximum atomic E-state index is 11.9. The van der Waals surface area contributed by atoms with Crippen molar-refractivity contribution in [3.63, 3.8) is 0 Å². The largest absolute Gasteiger partial charge is 0.465 e. The van der Waals surface area contributed by atoms with Crippen LogP contribution in [0.25, 0.3) is 0 Å². The quantitative estimate of drug-likeness (QED) is 0.556. The molecule has 0 heterocycles. The van der Waals surface area contributed by atoms with Gasteiger partial charge in [-0.1, -0.05) is 52.4 Å². The minimum absolute atomic E-state index is 0.0358. The summed E-state index contributed by atoms with van der Waals surface area (Å²) in [6.07, 6.45) is 7.42. The van der Waals surface area contributed by atoms with Gasteiger partial charge in [-0.3, -0.25) is 4.79 Å². The van der Waals surface area contributed by atoms with Gasteiger partial charge in [0.15, 0.2) is 5.78 Å². The van der Waals surface area contributed by atoms with Gasteiger partial charge in [-0.15, -0.1) is 0 Å². The molecule has 1 amide bonds. The Morgan fingerprint density at radius 1 is 1.00 bits per heavy atom. The van der Waals surface area contributed by atoms with Crippen molar-refractivity contribution < 1.29 is 14.7 Å². The lowest BCUT2D eigenvalue weighted by Gasteiger charge is -2.15. The molecular formula is C14H27NO3. The summed E-state index contributed by atoms with van der Waals surface area (Å²) in [5.41, 5.74) is 0. The lowest BCUT2D eigenvalue weighted by Crippen LogP contribution is -2.32. The highest BCUT2D eigenvalue weighted by Crippen LogP contribution is 2.18. The number of unbranched alkanes of at least 4 members (excludes halogenated alkanes) is 4. The number of ketones is 1. The molecule has 0 aromatic heterocycles. The molecule has 4 nitrogen and oxygen atoms in total. The molecule has 4 heteroatoms. The highest BCUT2D eigenvalue weighted by Gasteiger charge is 2.17. The van der Waals surface area contributed by atoms with Crippen LogP contribution >= 0.6 is 0 Å². The van der Waals surface area contributed by atoms with Gasteiger partial charge < -0.3 is 10.4 Å². The van der Waals surface area contributed by atoms with Gasteiger partial charge in [0, 0.05) is 5.92 Å². The van der Waals surface area contributed by atoms with Crippen LogP contribution in [0.3, 0.4) is 0 Å². The molecule has 0 aliphatic heterocycles. The van der Waals surface area contributed by atoms with Gasteiger partial charge in [0.05, 0.1) is 6.54 Å². The summed E-state index contributed by atoms with van der Waals surface area (Å²) in [5, 5.41) is 10.7. The second-order valence-electron chi connectivity index (χ2n) is 4.81. The molecule has 0 aliphatic carbocycles. The van der Waals surface area contributed by atoms with Gasteiger partial charge in [-0.05, 0) is 12.8 Å². The van der Waals surface area contributed by atoms with E-state index >= 15 is 0 Å². The van der Waals surface area contributed by atoms with E-state index in [4.69, 9.17) is 5.11 Å². The third kappa shape index (κ3) is 9.02. The summed E-state index contributed by atoms with van der Waals surface area (Å²) < 4.78 is 0. The zero-order chi connectivity index (χ0) is 13.8. The van der Waals surface area contributed by atoms with Crippen molar-refractivity contribution in [2.24, 2.45) is 5.92 Å². The number of carbonyl (C=O) groups excluding carboxylic acids is 1. The van der Waals surface area contributed by atoms with E-state index < -0.39 is 6.09 Å². The fourth-order valence-electron chi connectivity index (χ4n) is 2.04. The molecule has 18 heavy (non-hydrogen) atoms. The van der Waals surface area contributed by atoms with Gasteiger partial charge >= 0.3 is 6.09 Å². The summed E-state index contributed by atoms with van der Waals surface area (Å²) in [4.78, 5) is 22.3. The smallest absolute Gasteiger partial charge is 0.405 e. The first-order valence-corrected chi connectivity index (χ1v) is 7.11. The first-order valence-electron chi connectivity index (χ1n) is 7.11. The van der Waals surface area contributed by atoms with Crippen molar-refractivity contribution in [2.75, 3.05) is 6.54 Å². The Kier molecular flexibility index (Phi) is 10.4. The van der Waals surface area contributed by atoms with Crippen LogP contribution in [0.15, 0.2) is 0 Å². The minimum Gasteiger partial charge on any atom is -0.465 e. The Morgan fingerprint density at radius 3 is 2.17 bits per heavy atom. The molecule has 0 spiro atoms. The first kappa shape index (κ1) is 16.9. The van der Waals surface area contributed by atoms with E-state index in [1.54, 1.807) is 0 Å². The van der Waals surface area contributed by atoms with E-state index in [-0.39, 0.29) is 18.2 Å². The molecule has 0 aromatic carbocycles. The number of hydrogen-bond acceptors (Lipinski definition) is 2. The van der Waals surface area contributed by atoms with Crippen LogP contribution in [0.5, 0.6) is 0 Å². The van der Waals surface area contributed by atoms with Gasteiger partial charge in [-0.25, -0.2) is 4.79 Å². The van der Waals surface area contributed by atoms with Crippen molar-refractivity contribution in [1.29, 1.82) is 0 Å². The molecule has 1 unspecified atom stereocenters. The first-order chi connectivity index (χ1) is 8.61. The Bertz CT molecular complexity index is 241. The van der Waals surface area contributed by atoms with Crippen LogP contribution < -0.4 is 5.32 Å². The Morgan fingerprint density at radius 2 is 1.61 bits per heavy atom. The van der Waals surface area contributed by atoms with Crippen LogP contribution in [0.2, 0.25) is 0 Å². The highest BCUT2D eigenvalue weighted by atomic mass is 16.4. The molecule has 0 aliphatic rings. The number of amides is 1. The highest BCUT2D eigenvalue weighted by molar-refractivity contribution is 5.85. The maximum absolute atomic E-state index is 11.9. The molecule has 0 bridgehead atoms. The van der Waals surface area contributed by atoms with Crippen molar-refractivity contribution in [3.8, 4) is 0 Å². The molecule has 0 saturated carbocycles. The normalized spacial score (nSPS) is 12.1. The summed E-state index contributed by atoms with van der Waals surface area (Å²) in [6, 6.07) is 0. The van der Waals surface area contributed by atoms with Crippen molar-refractivity contribution in [3.05, 3.63) is 0 Å². The molecule has 0 saturated heterocycles. The van der Waals surface area contributed by atoms with Crippen LogP contribution in [-0.2, 0) is 4.79 Å². The van der Waals surface area contributed by atoms with Crippen LogP contribution in [-0.4, -0.2) is 23.5 Å². The second kappa shape index (κ2) is 11.1. The van der Waals surface area contributed by atoms with Gasteiger partial charge in [-0.2, -0.15) is 0 Å². The zero-order valence-electron chi connectivity index (χ0n) is 11.7. The van der Waals surface area contributed by atoms with E-state index in [2.05, 4.69) is 19.2 Å². The third-order valence-corrected chi connectivity index (χ3v) is 3.18. The van der Waals surface area contributed by atoms with E-state index in [0.29, 0.717) is 0 Å². The average Bonchev–Trinajstić information content (AvgIpc) is 2.35. The Balaban J connectivity index is 4.02. The van der Waals surface area contributed by atoms with Crippen LogP contribution in [0, 0.1) is 5.92 Å². The van der Waals surface area contributed by atoms with Crippen molar-refractivity contribution >= 4 is 11.9 Å². The Labute approximate surface area is 110 Å². The molecule has 2 N–H and O–H groups in total. The van der Waals surface area contributed by atoms with E-state index in [9.17, 15) is 9.59 Å². The standard InChI is InChI=1S/C14H27NO3/c1-3-5-7-8-10-12(9-6-4-2)13(16)11-15-14(17)18/h12,15H,3-11H2,1-2H3,(H,17,18). The fourth-order valence-corrected chi connectivity index (χ4v) is 2.04. The van der Waals surface area contributed by atoms with Crippen LogP contribution in [0.1, 0.15) is 65.2 Å².